The second-order valence-corrected chi connectivity index (χ2v) is 4.70. The van der Waals surface area contributed by atoms with E-state index in [-0.39, 0.29) is 17.2 Å². The molecule has 4 N–H and O–H groups in total. The predicted octanol–water partition coefficient (Wildman–Crippen LogP) is 1.76. The molecule has 0 saturated carbocycles. The number of nitrogens with two attached hydrogens (primary N) is 1. The van der Waals surface area contributed by atoms with Crippen LogP contribution < -0.4 is 11.1 Å². The van der Waals surface area contributed by atoms with Gasteiger partial charge in [0.15, 0.2) is 0 Å². The zero-order valence-corrected chi connectivity index (χ0v) is 10.9. The third-order valence-corrected chi connectivity index (χ3v) is 2.71. The maximum atomic E-state index is 11.9. The van der Waals surface area contributed by atoms with E-state index in [1.165, 1.54) is 18.2 Å². The van der Waals surface area contributed by atoms with Crippen LogP contribution in [0.2, 0.25) is 5.02 Å². The van der Waals surface area contributed by atoms with Crippen molar-refractivity contribution in [2.75, 3.05) is 5.73 Å². The van der Waals surface area contributed by atoms with Crippen LogP contribution in [-0.4, -0.2) is 23.0 Å². The second kappa shape index (κ2) is 5.73. The molecule has 0 aromatic heterocycles. The summed E-state index contributed by atoms with van der Waals surface area (Å²) in [6.07, 6.45) is 0. The van der Waals surface area contributed by atoms with Crippen LogP contribution in [0.25, 0.3) is 0 Å². The van der Waals surface area contributed by atoms with E-state index in [0.29, 0.717) is 5.02 Å². The van der Waals surface area contributed by atoms with Gasteiger partial charge in [0.25, 0.3) is 5.91 Å². The number of hydrogen-bond acceptors (Lipinski definition) is 3. The van der Waals surface area contributed by atoms with Gasteiger partial charge in [-0.3, -0.25) is 4.79 Å². The van der Waals surface area contributed by atoms with Crippen LogP contribution in [0.4, 0.5) is 5.69 Å². The molecule has 0 radical (unpaired) electrons. The number of carboxylic acids is 1. The number of carbonyl (C=O) groups excluding carboxylic acids is 1. The van der Waals surface area contributed by atoms with E-state index >= 15 is 0 Å². The van der Waals surface area contributed by atoms with E-state index in [2.05, 4.69) is 5.32 Å². The molecule has 1 atom stereocenters. The number of halogens is 1. The molecular weight excluding hydrogens is 256 g/mol. The number of anilines is 1. The van der Waals surface area contributed by atoms with Crippen molar-refractivity contribution in [3.05, 3.63) is 28.8 Å². The lowest BCUT2D eigenvalue weighted by molar-refractivity contribution is -0.140. The van der Waals surface area contributed by atoms with Crippen LogP contribution in [0, 0.1) is 5.92 Å². The Morgan fingerprint density at radius 3 is 2.44 bits per heavy atom. The normalized spacial score (nSPS) is 12.2. The molecule has 0 aliphatic carbocycles. The topological polar surface area (TPSA) is 92.4 Å². The molecule has 0 bridgehead atoms. The average molecular weight is 271 g/mol. The highest BCUT2D eigenvalue weighted by molar-refractivity contribution is 6.31. The number of carbonyl (C=O) groups is 2. The molecule has 1 rings (SSSR count). The Morgan fingerprint density at radius 1 is 1.39 bits per heavy atom. The number of nitrogens with one attached hydrogen (secondary N) is 1. The molecule has 1 amide bonds. The van der Waals surface area contributed by atoms with Gasteiger partial charge in [-0.2, -0.15) is 0 Å². The van der Waals surface area contributed by atoms with Crippen molar-refractivity contribution in [2.24, 2.45) is 5.92 Å². The minimum Gasteiger partial charge on any atom is -0.480 e. The van der Waals surface area contributed by atoms with Crippen molar-refractivity contribution in [1.82, 2.24) is 5.32 Å². The van der Waals surface area contributed by atoms with E-state index in [4.69, 9.17) is 22.4 Å². The van der Waals surface area contributed by atoms with Gasteiger partial charge in [0, 0.05) is 10.7 Å². The highest BCUT2D eigenvalue weighted by atomic mass is 35.5. The maximum absolute atomic E-state index is 11.9. The lowest BCUT2D eigenvalue weighted by Gasteiger charge is -2.18. The van der Waals surface area contributed by atoms with Crippen LogP contribution in [0.5, 0.6) is 0 Å². The van der Waals surface area contributed by atoms with Crippen LogP contribution in [0.15, 0.2) is 18.2 Å². The highest BCUT2D eigenvalue weighted by Crippen LogP contribution is 2.18. The fraction of sp³-hybridized carbons (Fsp3) is 0.333. The molecule has 1 aromatic carbocycles. The Hall–Kier alpha value is -1.75. The fourth-order valence-electron chi connectivity index (χ4n) is 1.47. The summed E-state index contributed by atoms with van der Waals surface area (Å²) in [5.74, 6) is -1.82. The number of amides is 1. The first kappa shape index (κ1) is 14.3. The van der Waals surface area contributed by atoms with Gasteiger partial charge in [-0.15, -0.1) is 0 Å². The Morgan fingerprint density at radius 2 is 2.00 bits per heavy atom. The van der Waals surface area contributed by atoms with Crippen molar-refractivity contribution in [1.29, 1.82) is 0 Å². The summed E-state index contributed by atoms with van der Waals surface area (Å²) < 4.78 is 0. The van der Waals surface area contributed by atoms with Gasteiger partial charge in [0.05, 0.1) is 5.56 Å². The Kier molecular flexibility index (Phi) is 4.55. The lowest BCUT2D eigenvalue weighted by atomic mass is 10.0. The van der Waals surface area contributed by atoms with Gasteiger partial charge in [-0.25, -0.2) is 4.79 Å². The third-order valence-electron chi connectivity index (χ3n) is 2.48. The fourth-order valence-corrected chi connectivity index (χ4v) is 1.65. The first-order valence-electron chi connectivity index (χ1n) is 5.41. The maximum Gasteiger partial charge on any atom is 0.326 e. The average Bonchev–Trinajstić information content (AvgIpc) is 2.24. The molecule has 0 aliphatic heterocycles. The van der Waals surface area contributed by atoms with Crippen LogP contribution in [0.3, 0.4) is 0 Å². The van der Waals surface area contributed by atoms with Crippen molar-refractivity contribution in [2.45, 2.75) is 19.9 Å². The summed E-state index contributed by atoms with van der Waals surface area (Å²) in [6, 6.07) is 3.49. The molecule has 1 unspecified atom stereocenters. The van der Waals surface area contributed by atoms with Crippen LogP contribution in [0.1, 0.15) is 24.2 Å². The van der Waals surface area contributed by atoms with Gasteiger partial charge in [-0.05, 0) is 24.1 Å². The van der Waals surface area contributed by atoms with Gasteiger partial charge in [-0.1, -0.05) is 25.4 Å². The highest BCUT2D eigenvalue weighted by Gasteiger charge is 2.24. The molecular formula is C12H15ClN2O3. The van der Waals surface area contributed by atoms with E-state index in [1.54, 1.807) is 13.8 Å². The molecule has 6 heteroatoms. The largest absolute Gasteiger partial charge is 0.480 e. The zero-order valence-electron chi connectivity index (χ0n) is 10.1. The molecule has 18 heavy (non-hydrogen) atoms. The second-order valence-electron chi connectivity index (χ2n) is 4.26. The number of nitrogen functional groups attached to an aromatic ring is 1. The summed E-state index contributed by atoms with van der Waals surface area (Å²) in [4.78, 5) is 22.9. The number of carboxylic acid groups (broad SMARTS) is 1. The van der Waals surface area contributed by atoms with E-state index in [0.717, 1.165) is 0 Å². The van der Waals surface area contributed by atoms with Crippen molar-refractivity contribution in [3.8, 4) is 0 Å². The van der Waals surface area contributed by atoms with E-state index < -0.39 is 17.9 Å². The summed E-state index contributed by atoms with van der Waals surface area (Å²) in [6.45, 7) is 3.43. The standard InChI is InChI=1S/C12H15ClN2O3/c1-6(2)10(12(17)18)15-11(16)8-4-3-7(13)5-9(8)14/h3-6,10H,14H2,1-2H3,(H,15,16)(H,17,18). The smallest absolute Gasteiger partial charge is 0.326 e. The van der Waals surface area contributed by atoms with Gasteiger partial charge >= 0.3 is 5.97 Å². The van der Waals surface area contributed by atoms with Crippen molar-refractivity contribution in [3.63, 3.8) is 0 Å². The van der Waals surface area contributed by atoms with Crippen LogP contribution in [-0.2, 0) is 4.79 Å². The SMILES string of the molecule is CC(C)C(NC(=O)c1ccc(Cl)cc1N)C(=O)O. The monoisotopic (exact) mass is 270 g/mol. The minimum atomic E-state index is -1.08. The first-order chi connectivity index (χ1) is 8.32. The zero-order chi connectivity index (χ0) is 13.9. The van der Waals surface area contributed by atoms with Gasteiger partial charge < -0.3 is 16.2 Å². The molecule has 0 saturated heterocycles. The quantitative estimate of drug-likeness (QED) is 0.727. The summed E-state index contributed by atoms with van der Waals surface area (Å²) in [7, 11) is 0. The van der Waals surface area contributed by atoms with Gasteiger partial charge in [0.2, 0.25) is 0 Å². The van der Waals surface area contributed by atoms with E-state index in [9.17, 15) is 9.59 Å². The summed E-state index contributed by atoms with van der Waals surface area (Å²) in [5.41, 5.74) is 6.09. The Labute approximate surface area is 110 Å². The summed E-state index contributed by atoms with van der Waals surface area (Å²) >= 11 is 5.72. The molecule has 98 valence electrons. The molecule has 1 aromatic rings. The van der Waals surface area contributed by atoms with Gasteiger partial charge in [0.1, 0.15) is 6.04 Å². The molecule has 5 nitrogen and oxygen atoms in total. The lowest BCUT2D eigenvalue weighted by Crippen LogP contribution is -2.44. The number of hydrogen-bond donors (Lipinski definition) is 3. The predicted molar refractivity (Wildman–Crippen MR) is 69.6 cm³/mol. The Bertz CT molecular complexity index is 474. The number of benzene rings is 1. The Balaban J connectivity index is 2.91. The first-order valence-corrected chi connectivity index (χ1v) is 5.79. The minimum absolute atomic E-state index is 0.214. The molecule has 0 heterocycles. The van der Waals surface area contributed by atoms with E-state index in [1.807, 2.05) is 0 Å². The number of aliphatic carboxylic acids is 1. The van der Waals surface area contributed by atoms with Crippen LogP contribution >= 0.6 is 11.6 Å². The van der Waals surface area contributed by atoms with Crippen molar-refractivity contribution < 1.29 is 14.7 Å². The third kappa shape index (κ3) is 3.37. The molecule has 0 aliphatic rings. The number of rotatable bonds is 4. The summed E-state index contributed by atoms with van der Waals surface area (Å²) in [5, 5.41) is 11.8. The molecule has 0 spiro atoms. The molecule has 0 fully saturated rings. The van der Waals surface area contributed by atoms with Crippen molar-refractivity contribution >= 4 is 29.2 Å².